The van der Waals surface area contributed by atoms with E-state index in [4.69, 9.17) is 9.47 Å². The standard InChI is InChI=1S/C29H27N3O6S/c1-17-11-13-20(14-12-17)30-25(33)16-38-26-19(7-5-10-23(26)37-4)15-24-27(34)32(3)29(39-24)31-22-9-6-8-21(18(22)2)28(35)36/h5-15H,16H2,1-4H3,(H,30,33)(H,35,36)/b24-15-,31-29?. The minimum Gasteiger partial charge on any atom is -0.493 e. The van der Waals surface area contributed by atoms with E-state index in [1.54, 1.807) is 50.4 Å². The Bertz CT molecular complexity index is 1500. The highest BCUT2D eigenvalue weighted by Crippen LogP contribution is 2.38. The summed E-state index contributed by atoms with van der Waals surface area (Å²) < 4.78 is 11.3. The average molecular weight is 546 g/mol. The fourth-order valence-electron chi connectivity index (χ4n) is 3.81. The molecule has 4 rings (SSSR count). The Kier molecular flexibility index (Phi) is 8.36. The summed E-state index contributed by atoms with van der Waals surface area (Å²) in [5, 5.41) is 12.6. The predicted molar refractivity (Wildman–Crippen MR) is 152 cm³/mol. The number of rotatable bonds is 8. The Hall–Kier alpha value is -4.57. The van der Waals surface area contributed by atoms with Crippen molar-refractivity contribution < 1.29 is 29.0 Å². The Labute approximate surface area is 230 Å². The van der Waals surface area contributed by atoms with Gasteiger partial charge in [0.25, 0.3) is 11.8 Å². The van der Waals surface area contributed by atoms with Gasteiger partial charge in [-0.2, -0.15) is 0 Å². The van der Waals surface area contributed by atoms with Crippen molar-refractivity contribution in [3.63, 3.8) is 0 Å². The summed E-state index contributed by atoms with van der Waals surface area (Å²) in [7, 11) is 3.09. The lowest BCUT2D eigenvalue weighted by molar-refractivity contribution is -0.121. The number of carbonyl (C=O) groups excluding carboxylic acids is 2. The highest BCUT2D eigenvalue weighted by Gasteiger charge is 2.31. The van der Waals surface area contributed by atoms with Crippen LogP contribution in [0.1, 0.15) is 27.0 Å². The van der Waals surface area contributed by atoms with E-state index in [0.717, 1.165) is 17.3 Å². The molecule has 0 unspecified atom stereocenters. The van der Waals surface area contributed by atoms with Crippen LogP contribution in [0.4, 0.5) is 11.4 Å². The van der Waals surface area contributed by atoms with Crippen LogP contribution in [-0.4, -0.2) is 53.7 Å². The van der Waals surface area contributed by atoms with Crippen LogP contribution in [-0.2, 0) is 9.59 Å². The lowest BCUT2D eigenvalue weighted by atomic mass is 10.1. The zero-order valence-corrected chi connectivity index (χ0v) is 22.7. The summed E-state index contributed by atoms with van der Waals surface area (Å²) in [6.07, 6.45) is 1.66. The summed E-state index contributed by atoms with van der Waals surface area (Å²) >= 11 is 1.15. The molecule has 0 bridgehead atoms. The first-order valence-electron chi connectivity index (χ1n) is 11.9. The number of amides is 2. The Morgan fingerprint density at radius 3 is 2.49 bits per heavy atom. The van der Waals surface area contributed by atoms with Crippen molar-refractivity contribution in [2.75, 3.05) is 26.1 Å². The third kappa shape index (κ3) is 6.29. The molecular weight excluding hydrogens is 518 g/mol. The van der Waals surface area contributed by atoms with Crippen LogP contribution in [0.2, 0.25) is 0 Å². The number of methoxy groups -OCH3 is 1. The topological polar surface area (TPSA) is 118 Å². The molecule has 3 aromatic carbocycles. The van der Waals surface area contributed by atoms with Gasteiger partial charge in [0.1, 0.15) is 0 Å². The molecule has 1 aliphatic heterocycles. The normalized spacial score (nSPS) is 15.1. The highest BCUT2D eigenvalue weighted by molar-refractivity contribution is 8.18. The molecule has 1 aliphatic rings. The number of carboxylic acids is 1. The van der Waals surface area contributed by atoms with E-state index >= 15 is 0 Å². The minimum absolute atomic E-state index is 0.147. The Morgan fingerprint density at radius 2 is 1.79 bits per heavy atom. The van der Waals surface area contributed by atoms with Crippen LogP contribution in [0.15, 0.2) is 70.6 Å². The van der Waals surface area contributed by atoms with Crippen LogP contribution >= 0.6 is 11.8 Å². The molecule has 2 N–H and O–H groups in total. The zero-order chi connectivity index (χ0) is 28.1. The number of benzene rings is 3. The second kappa shape index (κ2) is 11.9. The van der Waals surface area contributed by atoms with E-state index in [9.17, 15) is 19.5 Å². The summed E-state index contributed by atoms with van der Waals surface area (Å²) in [6.45, 7) is 3.37. The van der Waals surface area contributed by atoms with Gasteiger partial charge in [-0.1, -0.05) is 35.9 Å². The van der Waals surface area contributed by atoms with E-state index in [1.165, 1.54) is 18.1 Å². The molecule has 0 spiro atoms. The smallest absolute Gasteiger partial charge is 0.336 e. The SMILES string of the molecule is COc1cccc(/C=C2\SC(=Nc3cccc(C(=O)O)c3C)N(C)C2=O)c1OCC(=O)Nc1ccc(C)cc1. The fraction of sp³-hybridized carbons (Fsp3) is 0.172. The quantitative estimate of drug-likeness (QED) is 0.371. The first kappa shape index (κ1) is 27.5. The van der Waals surface area contributed by atoms with Crippen LogP contribution in [0.5, 0.6) is 11.5 Å². The number of aryl methyl sites for hydroxylation is 1. The number of hydrogen-bond donors (Lipinski definition) is 2. The van der Waals surface area contributed by atoms with Gasteiger partial charge >= 0.3 is 5.97 Å². The second-order valence-electron chi connectivity index (χ2n) is 8.71. The number of anilines is 1. The van der Waals surface area contributed by atoms with Crippen LogP contribution in [0.25, 0.3) is 6.08 Å². The van der Waals surface area contributed by atoms with Crippen molar-refractivity contribution in [3.05, 3.63) is 87.8 Å². The van der Waals surface area contributed by atoms with Gasteiger partial charge in [-0.05, 0) is 67.6 Å². The summed E-state index contributed by atoms with van der Waals surface area (Å²) in [6, 6.07) is 17.5. The Morgan fingerprint density at radius 1 is 1.08 bits per heavy atom. The number of para-hydroxylation sites is 1. The van der Waals surface area contributed by atoms with E-state index in [2.05, 4.69) is 10.3 Å². The number of aliphatic imine (C=N–C) groups is 1. The molecular formula is C29H27N3O6S. The number of carboxylic acid groups (broad SMARTS) is 1. The number of thioether (sulfide) groups is 1. The summed E-state index contributed by atoms with van der Waals surface area (Å²) in [4.78, 5) is 43.4. The van der Waals surface area contributed by atoms with Crippen LogP contribution in [0, 0.1) is 13.8 Å². The van der Waals surface area contributed by atoms with Gasteiger partial charge in [0, 0.05) is 18.3 Å². The minimum atomic E-state index is -1.04. The molecule has 0 aromatic heterocycles. The van der Waals surface area contributed by atoms with Crippen molar-refractivity contribution in [2.24, 2.45) is 4.99 Å². The molecule has 2 amide bonds. The molecule has 0 radical (unpaired) electrons. The van der Waals surface area contributed by atoms with E-state index in [1.807, 2.05) is 31.2 Å². The lowest BCUT2D eigenvalue weighted by Gasteiger charge is -2.14. The van der Waals surface area contributed by atoms with E-state index in [0.29, 0.717) is 44.1 Å². The number of hydrogen-bond acceptors (Lipinski definition) is 7. The van der Waals surface area contributed by atoms with E-state index in [-0.39, 0.29) is 24.0 Å². The fourth-order valence-corrected chi connectivity index (χ4v) is 4.78. The number of ether oxygens (including phenoxy) is 2. The molecule has 0 saturated carbocycles. The number of nitrogens with zero attached hydrogens (tertiary/aromatic N) is 2. The zero-order valence-electron chi connectivity index (χ0n) is 21.8. The molecule has 9 nitrogen and oxygen atoms in total. The summed E-state index contributed by atoms with van der Waals surface area (Å²) in [5.41, 5.74) is 3.40. The van der Waals surface area contributed by atoms with Crippen LogP contribution in [0.3, 0.4) is 0 Å². The maximum Gasteiger partial charge on any atom is 0.336 e. The Balaban J connectivity index is 1.57. The number of amidine groups is 1. The maximum absolute atomic E-state index is 13.1. The number of aromatic carboxylic acids is 1. The molecule has 0 aliphatic carbocycles. The first-order chi connectivity index (χ1) is 18.7. The average Bonchev–Trinajstić information content (AvgIpc) is 3.17. The molecule has 1 saturated heterocycles. The second-order valence-corrected chi connectivity index (χ2v) is 9.71. The maximum atomic E-state index is 13.1. The largest absolute Gasteiger partial charge is 0.493 e. The first-order valence-corrected chi connectivity index (χ1v) is 12.7. The van der Waals surface area contributed by atoms with Gasteiger partial charge in [-0.3, -0.25) is 14.5 Å². The predicted octanol–water partition coefficient (Wildman–Crippen LogP) is 5.26. The van der Waals surface area contributed by atoms with Crippen molar-refractivity contribution in [3.8, 4) is 11.5 Å². The van der Waals surface area contributed by atoms with Crippen molar-refractivity contribution in [2.45, 2.75) is 13.8 Å². The summed E-state index contributed by atoms with van der Waals surface area (Å²) in [5.74, 6) is -0.944. The molecule has 0 atom stereocenters. The number of nitrogens with one attached hydrogen (secondary N) is 1. The van der Waals surface area contributed by atoms with Gasteiger partial charge in [-0.15, -0.1) is 0 Å². The monoisotopic (exact) mass is 545 g/mol. The van der Waals surface area contributed by atoms with Gasteiger partial charge in [0.2, 0.25) is 0 Å². The van der Waals surface area contributed by atoms with Gasteiger partial charge < -0.3 is 19.9 Å². The number of likely N-dealkylation sites (N-methyl/N-ethyl adjacent to an activating group) is 1. The van der Waals surface area contributed by atoms with Crippen LogP contribution < -0.4 is 14.8 Å². The molecule has 39 heavy (non-hydrogen) atoms. The highest BCUT2D eigenvalue weighted by atomic mass is 32.2. The molecule has 1 fully saturated rings. The van der Waals surface area contributed by atoms with Gasteiger partial charge in [0.05, 0.1) is 23.3 Å². The third-order valence-corrected chi connectivity index (χ3v) is 7.01. The lowest BCUT2D eigenvalue weighted by Crippen LogP contribution is -2.23. The third-order valence-electron chi connectivity index (χ3n) is 5.95. The van der Waals surface area contributed by atoms with Crippen molar-refractivity contribution >= 4 is 52.2 Å². The van der Waals surface area contributed by atoms with Gasteiger partial charge in [-0.25, -0.2) is 9.79 Å². The number of carbonyl (C=O) groups is 3. The molecule has 3 aromatic rings. The van der Waals surface area contributed by atoms with Gasteiger partial charge in [0.15, 0.2) is 23.3 Å². The van der Waals surface area contributed by atoms with Crippen molar-refractivity contribution in [1.29, 1.82) is 0 Å². The molecule has 1 heterocycles. The molecule has 10 heteroatoms. The van der Waals surface area contributed by atoms with Crippen molar-refractivity contribution in [1.82, 2.24) is 4.90 Å². The van der Waals surface area contributed by atoms with E-state index < -0.39 is 5.97 Å². The molecule has 200 valence electrons.